The molecule has 0 unspecified atom stereocenters. The van der Waals surface area contributed by atoms with Crippen LogP contribution in [0.5, 0.6) is 0 Å². The third kappa shape index (κ3) is 25.5. The summed E-state index contributed by atoms with van der Waals surface area (Å²) in [5.41, 5.74) is 0.181. The summed E-state index contributed by atoms with van der Waals surface area (Å²) in [5, 5.41) is 8.93. The molecule has 0 radical (unpaired) electrons. The summed E-state index contributed by atoms with van der Waals surface area (Å²) in [7, 11) is 9.78. The van der Waals surface area contributed by atoms with E-state index in [1.54, 1.807) is 0 Å². The summed E-state index contributed by atoms with van der Waals surface area (Å²) in [6, 6.07) is 0. The van der Waals surface area contributed by atoms with Crippen molar-refractivity contribution >= 4 is 18.6 Å². The Kier molecular flexibility index (Phi) is 11.5. The van der Waals surface area contributed by atoms with E-state index in [1.807, 2.05) is 0 Å². The van der Waals surface area contributed by atoms with Gasteiger partial charge in [-0.15, -0.1) is 11.1 Å². The molecule has 0 aromatic rings. The van der Waals surface area contributed by atoms with Gasteiger partial charge in [-0.3, -0.25) is 0 Å². The standard InChI is InChI=1S/C10H22N2.2ClH.Ti/c1-9(2,3)11-7-8-12-10(4,5)6;;;/h7-8H2,1-6H3;2*1H;/q-2;;;+2/p-2. The molecule has 5 heteroatoms. The van der Waals surface area contributed by atoms with E-state index in [2.05, 4.69) is 52.2 Å². The third-order valence-electron chi connectivity index (χ3n) is 1.27. The first-order valence-corrected chi connectivity index (χ1v) is 9.25. The average molecular weight is 289 g/mol. The molecule has 0 N–H and O–H groups in total. The monoisotopic (exact) mass is 288 g/mol. The van der Waals surface area contributed by atoms with Gasteiger partial charge in [-0.25, -0.2) is 0 Å². The van der Waals surface area contributed by atoms with Crippen LogP contribution in [0, 0.1) is 0 Å². The molecule has 0 heterocycles. The molecule has 0 aliphatic heterocycles. The van der Waals surface area contributed by atoms with Crippen molar-refractivity contribution in [2.75, 3.05) is 13.1 Å². The molecular weight excluding hydrogens is 267 g/mol. The molecular formula is C10H22Cl2N2Ti-2. The van der Waals surface area contributed by atoms with Gasteiger partial charge in [-0.2, -0.15) is 13.1 Å². The Morgan fingerprint density at radius 2 is 1.00 bits per heavy atom. The normalized spacial score (nSPS) is 11.7. The SMILES string of the molecule is CC(C)(C)[N-]CC[N-]C(C)(C)C.[Cl][Ti][Cl]. The summed E-state index contributed by atoms with van der Waals surface area (Å²) >= 11 is -0.556. The molecule has 2 nitrogen and oxygen atoms in total. The fourth-order valence-electron chi connectivity index (χ4n) is 0.771. The molecule has 0 spiro atoms. The molecule has 0 amide bonds. The molecule has 0 saturated heterocycles. The molecule has 0 aliphatic rings. The first kappa shape index (κ1) is 18.6. The Morgan fingerprint density at radius 3 is 1.13 bits per heavy atom. The molecule has 0 bridgehead atoms. The first-order valence-electron chi connectivity index (χ1n) is 4.96. The Labute approximate surface area is 112 Å². The van der Waals surface area contributed by atoms with Gasteiger partial charge in [-0.1, -0.05) is 41.5 Å². The van der Waals surface area contributed by atoms with Crippen LogP contribution < -0.4 is 0 Å². The second-order valence-electron chi connectivity index (χ2n) is 5.18. The fourth-order valence-corrected chi connectivity index (χ4v) is 0.771. The van der Waals surface area contributed by atoms with Crippen LogP contribution in [0.3, 0.4) is 0 Å². The Hall–Kier alpha value is 1.21. The Morgan fingerprint density at radius 1 is 0.800 bits per heavy atom. The van der Waals surface area contributed by atoms with Crippen molar-refractivity contribution in [1.82, 2.24) is 0 Å². The van der Waals surface area contributed by atoms with E-state index in [4.69, 9.17) is 18.6 Å². The molecule has 92 valence electrons. The second-order valence-corrected chi connectivity index (χ2v) is 7.76. The first-order chi connectivity index (χ1) is 6.62. The number of hydrogen-bond donors (Lipinski definition) is 0. The van der Waals surface area contributed by atoms with Crippen molar-refractivity contribution in [3.8, 4) is 0 Å². The summed E-state index contributed by atoms with van der Waals surface area (Å²) in [4.78, 5) is 0. The fraction of sp³-hybridized carbons (Fsp3) is 1.00. The van der Waals surface area contributed by atoms with Crippen LogP contribution in [0.15, 0.2) is 0 Å². The Bertz CT molecular complexity index is 125. The van der Waals surface area contributed by atoms with Crippen molar-refractivity contribution in [3.63, 3.8) is 0 Å². The predicted molar refractivity (Wildman–Crippen MR) is 67.7 cm³/mol. The van der Waals surface area contributed by atoms with Gasteiger partial charge in [0.1, 0.15) is 0 Å². The van der Waals surface area contributed by atoms with Gasteiger partial charge in [0.2, 0.25) is 0 Å². The van der Waals surface area contributed by atoms with Crippen molar-refractivity contribution in [2.45, 2.75) is 52.6 Å². The minimum absolute atomic E-state index is 0.0907. The molecule has 15 heavy (non-hydrogen) atoms. The van der Waals surface area contributed by atoms with Gasteiger partial charge < -0.3 is 10.6 Å². The van der Waals surface area contributed by atoms with Gasteiger partial charge >= 0.3 is 35.6 Å². The summed E-state index contributed by atoms with van der Waals surface area (Å²) in [6.07, 6.45) is 0. The zero-order chi connectivity index (χ0) is 12.5. The molecule has 0 atom stereocenters. The van der Waals surface area contributed by atoms with Crippen LogP contribution >= 0.6 is 18.6 Å². The predicted octanol–water partition coefficient (Wildman–Crippen LogP) is 4.71. The molecule has 0 aromatic heterocycles. The van der Waals surface area contributed by atoms with E-state index >= 15 is 0 Å². The zero-order valence-electron chi connectivity index (χ0n) is 10.6. The van der Waals surface area contributed by atoms with Crippen molar-refractivity contribution < 1.29 is 17.0 Å². The van der Waals surface area contributed by atoms with Crippen molar-refractivity contribution in [2.24, 2.45) is 0 Å². The van der Waals surface area contributed by atoms with Crippen molar-refractivity contribution in [1.29, 1.82) is 0 Å². The van der Waals surface area contributed by atoms with E-state index in [0.29, 0.717) is 0 Å². The maximum absolute atomic E-state index is 4.89. The van der Waals surface area contributed by atoms with Crippen LogP contribution in [-0.4, -0.2) is 24.2 Å². The van der Waals surface area contributed by atoms with E-state index in [1.165, 1.54) is 0 Å². The molecule has 0 rings (SSSR count). The van der Waals surface area contributed by atoms with Crippen LogP contribution in [0.4, 0.5) is 0 Å². The van der Waals surface area contributed by atoms with Gasteiger partial charge in [0, 0.05) is 0 Å². The van der Waals surface area contributed by atoms with Crippen molar-refractivity contribution in [3.05, 3.63) is 10.6 Å². The number of halogens is 2. The zero-order valence-corrected chi connectivity index (χ0v) is 13.6. The van der Waals surface area contributed by atoms with Gasteiger partial charge in [0.25, 0.3) is 0 Å². The molecule has 0 saturated carbocycles. The summed E-state index contributed by atoms with van der Waals surface area (Å²) < 4.78 is 0. The van der Waals surface area contributed by atoms with Crippen LogP contribution in [0.25, 0.3) is 10.6 Å². The van der Waals surface area contributed by atoms with E-state index < -0.39 is 17.0 Å². The van der Waals surface area contributed by atoms with Crippen LogP contribution in [-0.2, 0) is 17.0 Å². The average Bonchev–Trinajstić information content (AvgIpc) is 1.96. The number of rotatable bonds is 3. The topological polar surface area (TPSA) is 28.2 Å². The van der Waals surface area contributed by atoms with Gasteiger partial charge in [0.05, 0.1) is 0 Å². The van der Waals surface area contributed by atoms with Gasteiger partial charge in [0.15, 0.2) is 0 Å². The second kappa shape index (κ2) is 9.27. The van der Waals surface area contributed by atoms with Crippen LogP contribution in [0.2, 0.25) is 0 Å². The molecule has 0 fully saturated rings. The molecule has 0 aromatic carbocycles. The Balaban J connectivity index is 0. The van der Waals surface area contributed by atoms with E-state index in [0.717, 1.165) is 13.1 Å². The van der Waals surface area contributed by atoms with Gasteiger partial charge in [-0.05, 0) is 0 Å². The quantitative estimate of drug-likeness (QED) is 0.532. The van der Waals surface area contributed by atoms with Crippen LogP contribution in [0.1, 0.15) is 41.5 Å². The van der Waals surface area contributed by atoms with E-state index in [-0.39, 0.29) is 11.1 Å². The maximum atomic E-state index is 4.89. The number of nitrogens with zero attached hydrogens (tertiary/aromatic N) is 2. The minimum atomic E-state index is -0.556. The molecule has 0 aliphatic carbocycles. The summed E-state index contributed by atoms with van der Waals surface area (Å²) in [6.45, 7) is 14.4. The third-order valence-corrected chi connectivity index (χ3v) is 1.27. The number of hydrogen-bond acceptors (Lipinski definition) is 0. The summed E-state index contributed by atoms with van der Waals surface area (Å²) in [5.74, 6) is 0. The van der Waals surface area contributed by atoms with E-state index in [9.17, 15) is 0 Å².